The fraction of sp³-hybridized carbons (Fsp3) is 0. The molecule has 6 aromatic rings. The van der Waals surface area contributed by atoms with Gasteiger partial charge in [-0.3, -0.25) is 23.7 Å². The van der Waals surface area contributed by atoms with Crippen molar-refractivity contribution in [1.29, 1.82) is 0 Å². The molecule has 0 N–H and O–H groups in total. The Bertz CT molecular complexity index is 1520. The quantitative estimate of drug-likeness (QED) is 0.103. The van der Waals surface area contributed by atoms with Gasteiger partial charge in [0.1, 0.15) is 11.5 Å². The second kappa shape index (κ2) is 21.2. The molecule has 6 rings (SSSR count). The number of aromatic nitrogens is 5. The van der Waals surface area contributed by atoms with Crippen LogP contribution in [0.15, 0.2) is 132 Å². The molecule has 0 aliphatic rings. The first-order valence-electron chi connectivity index (χ1n) is 12.0. The van der Waals surface area contributed by atoms with Gasteiger partial charge in [0.05, 0.1) is 11.9 Å². The minimum Gasteiger partial charge on any atom is -0.760 e. The Morgan fingerprint density at radius 2 is 1.02 bits per heavy atom. The molecule has 5 heterocycles. The van der Waals surface area contributed by atoms with E-state index in [0.29, 0.717) is 21.4 Å². The molecule has 0 aliphatic carbocycles. The van der Waals surface area contributed by atoms with Crippen molar-refractivity contribution in [3.8, 4) is 22.6 Å². The number of hydrogen-bond acceptors (Lipinski definition) is 7. The van der Waals surface area contributed by atoms with Gasteiger partial charge >= 0.3 is 21.1 Å². The van der Waals surface area contributed by atoms with Gasteiger partial charge < -0.3 is 30.2 Å². The van der Waals surface area contributed by atoms with E-state index < -0.39 is 23.3 Å². The number of pyridine rings is 5. The summed E-state index contributed by atoms with van der Waals surface area (Å²) in [5.74, 6) is -2.68. The van der Waals surface area contributed by atoms with Crippen LogP contribution in [0, 0.1) is 29.3 Å². The van der Waals surface area contributed by atoms with Crippen molar-refractivity contribution in [2.75, 3.05) is 0 Å². The number of halogens is 4. The molecular weight excluding hydrogens is 973 g/mol. The Hall–Kier alpha value is -3.49. The van der Waals surface area contributed by atoms with Crippen LogP contribution >= 0.6 is 0 Å². The Kier molecular flexibility index (Phi) is 18.6. The molecule has 230 valence electrons. The number of rotatable bonds is 2. The van der Waals surface area contributed by atoms with Gasteiger partial charge in [-0.05, 0) is 36.0 Å². The van der Waals surface area contributed by atoms with E-state index in [-0.39, 0.29) is 53.4 Å². The van der Waals surface area contributed by atoms with Gasteiger partial charge in [0.25, 0.3) is 0 Å². The maximum Gasteiger partial charge on any atom is 2.00 e. The second-order valence-electron chi connectivity index (χ2n) is 7.79. The van der Waals surface area contributed by atoms with Crippen LogP contribution in [-0.2, 0) is 67.4 Å². The average molecular weight is 993 g/mol. The van der Waals surface area contributed by atoms with Crippen molar-refractivity contribution >= 4 is 25.3 Å². The normalized spacial score (nSPS) is 9.18. The molecule has 0 radical (unpaired) electrons. The zero-order valence-corrected chi connectivity index (χ0v) is 28.4. The van der Waals surface area contributed by atoms with E-state index in [0.717, 1.165) is 24.4 Å². The van der Waals surface area contributed by atoms with E-state index in [9.17, 15) is 17.6 Å². The van der Waals surface area contributed by atoms with Gasteiger partial charge in [0.2, 0.25) is 0 Å². The van der Waals surface area contributed by atoms with Crippen LogP contribution in [0.25, 0.3) is 22.6 Å². The first kappa shape index (κ1) is 38.5. The molecule has 1 aromatic carbocycles. The molecule has 0 unspecified atom stereocenters. The van der Waals surface area contributed by atoms with Crippen LogP contribution < -0.4 is 0 Å². The smallest absolute Gasteiger partial charge is 0.760 e. The largest absolute Gasteiger partial charge is 2.00 e. The average Bonchev–Trinajstić information content (AvgIpc) is 3.00. The van der Waals surface area contributed by atoms with Gasteiger partial charge in [-0.15, -0.1) is 12.1 Å². The molecule has 5 aromatic heterocycles. The van der Waals surface area contributed by atoms with Crippen LogP contribution in [0.4, 0.5) is 17.6 Å². The van der Waals surface area contributed by atoms with E-state index in [1.54, 1.807) is 67.1 Å². The number of nitrogens with zero attached hydrogens (tertiary/aromatic N) is 5. The monoisotopic (exact) mass is 992 g/mol. The Labute approximate surface area is 292 Å². The molecule has 0 saturated carbocycles. The van der Waals surface area contributed by atoms with E-state index in [4.69, 9.17) is 25.3 Å². The van der Waals surface area contributed by atoms with Gasteiger partial charge in [0, 0.05) is 63.6 Å². The summed E-state index contributed by atoms with van der Waals surface area (Å²) >= 11 is 9.40. The molecule has 0 atom stereocenters. The topological polar surface area (TPSA) is 64.5 Å². The minimum absolute atomic E-state index is 0. The summed E-state index contributed by atoms with van der Waals surface area (Å²) in [5, 5.41) is 1.31. The molecule has 0 aliphatic heterocycles. The van der Waals surface area contributed by atoms with E-state index in [2.05, 4.69) is 31.0 Å². The molecule has 0 amide bonds. The zero-order valence-electron chi connectivity index (χ0n) is 22.2. The maximum atomic E-state index is 13.2. The van der Waals surface area contributed by atoms with Crippen molar-refractivity contribution in [2.24, 2.45) is 0 Å². The summed E-state index contributed by atoms with van der Waals surface area (Å²) < 4.78 is 51.5. The fourth-order valence-corrected chi connectivity index (χ4v) is 3.23. The third-order valence-corrected chi connectivity index (χ3v) is 5.25. The van der Waals surface area contributed by atoms with Crippen molar-refractivity contribution in [2.45, 2.75) is 10.1 Å². The fourth-order valence-electron chi connectivity index (χ4n) is 2.95. The summed E-state index contributed by atoms with van der Waals surface area (Å²) in [4.78, 5) is 19.1. The number of hydrogen-bond donors (Lipinski definition) is 0. The van der Waals surface area contributed by atoms with Gasteiger partial charge in [-0.2, -0.15) is 0 Å². The first-order chi connectivity index (χ1) is 20.3. The molecule has 5 nitrogen and oxygen atoms in total. The maximum absolute atomic E-state index is 13.2. The summed E-state index contributed by atoms with van der Waals surface area (Å²) in [6.45, 7) is 0. The van der Waals surface area contributed by atoms with Crippen LogP contribution in [-0.4, -0.2) is 24.9 Å². The SMILES string of the molecule is Fc1c[c-]c(-c2ccccn2)c(F)c1.Fc1cnc(-c2ccccn2)c(F)c1.[Pt+2].[Pt].[S-]c1ccccn1.[S-]c1ccccn1. The molecule has 0 saturated heterocycles. The molecule has 13 heteroatoms. The van der Waals surface area contributed by atoms with Gasteiger partial charge in [-0.1, -0.05) is 64.1 Å². The van der Waals surface area contributed by atoms with E-state index >= 15 is 0 Å². The predicted octanol–water partition coefficient (Wildman–Crippen LogP) is 7.22. The predicted molar refractivity (Wildman–Crippen MR) is 156 cm³/mol. The van der Waals surface area contributed by atoms with Crippen molar-refractivity contribution in [3.63, 3.8) is 0 Å². The molecule has 0 fully saturated rings. The van der Waals surface area contributed by atoms with Crippen LogP contribution in [0.2, 0.25) is 0 Å². The molecule has 0 bridgehead atoms. The second-order valence-corrected chi connectivity index (χ2v) is 8.63. The summed E-state index contributed by atoms with van der Waals surface area (Å²) in [7, 11) is 0. The first-order valence-corrected chi connectivity index (χ1v) is 12.8. The standard InChI is InChI=1S/C11H6F2N.C10H6F2N2.2C5H5NS.2Pt/c12-8-4-5-9(10(13)7-8)11-3-1-2-6-14-11;11-7-5-8(12)10(14-6-7)9-3-1-2-4-13-9;2*7-5-3-1-2-4-6-5;;/h1-4,6-7H;1-6H;2*1-4H,(H,6,7);;/q-1;;;;;+2/p-2. The Morgan fingerprint density at radius 1 is 0.545 bits per heavy atom. The Morgan fingerprint density at radius 3 is 1.41 bits per heavy atom. The summed E-state index contributed by atoms with van der Waals surface area (Å²) in [6.07, 6.45) is 7.41. The third-order valence-electron chi connectivity index (χ3n) is 4.77. The van der Waals surface area contributed by atoms with Crippen molar-refractivity contribution in [3.05, 3.63) is 151 Å². The van der Waals surface area contributed by atoms with E-state index in [1.165, 1.54) is 6.20 Å². The van der Waals surface area contributed by atoms with Gasteiger partial charge in [0.15, 0.2) is 5.82 Å². The van der Waals surface area contributed by atoms with Crippen LogP contribution in [0.5, 0.6) is 0 Å². The van der Waals surface area contributed by atoms with Gasteiger partial charge in [-0.25, -0.2) is 13.8 Å². The van der Waals surface area contributed by atoms with Crippen molar-refractivity contribution < 1.29 is 59.7 Å². The minimum atomic E-state index is -0.705. The van der Waals surface area contributed by atoms with Crippen molar-refractivity contribution in [1.82, 2.24) is 24.9 Å². The summed E-state index contributed by atoms with van der Waals surface area (Å²) in [5.41, 5.74) is 1.09. The van der Waals surface area contributed by atoms with E-state index in [1.807, 2.05) is 24.3 Å². The number of benzene rings is 1. The molecular formula is C31H20F4N5Pt2S2-. The van der Waals surface area contributed by atoms with Crippen LogP contribution in [0.1, 0.15) is 0 Å². The van der Waals surface area contributed by atoms with Crippen LogP contribution in [0.3, 0.4) is 0 Å². The molecule has 44 heavy (non-hydrogen) atoms. The Balaban J connectivity index is 0.000000303. The zero-order chi connectivity index (χ0) is 30.2. The summed E-state index contributed by atoms with van der Waals surface area (Å²) in [6, 6.07) is 26.4. The third kappa shape index (κ3) is 13.9. The molecule has 0 spiro atoms.